The second-order valence-electron chi connectivity index (χ2n) is 5.53. The van der Waals surface area contributed by atoms with E-state index in [1.54, 1.807) is 6.07 Å². The van der Waals surface area contributed by atoms with Crippen molar-refractivity contribution in [3.8, 4) is 5.75 Å². The van der Waals surface area contributed by atoms with Crippen molar-refractivity contribution in [1.82, 2.24) is 4.90 Å². The highest BCUT2D eigenvalue weighted by Gasteiger charge is 2.33. The van der Waals surface area contributed by atoms with E-state index in [-0.39, 0.29) is 12.5 Å². The van der Waals surface area contributed by atoms with Crippen LogP contribution in [0.3, 0.4) is 0 Å². The molecular weight excluding hydrogens is 362 g/mol. The zero-order valence-electron chi connectivity index (χ0n) is 12.4. The Hall–Kier alpha value is -2.08. The molecule has 0 aromatic heterocycles. The predicted octanol–water partition coefficient (Wildman–Crippen LogP) is 3.06. The Labute approximate surface area is 142 Å². The maximum atomic E-state index is 12.2. The second kappa shape index (κ2) is 6.58. The summed E-state index contributed by atoms with van der Waals surface area (Å²) in [7, 11) is 0. The number of carbonyl (C=O) groups excluding carboxylic acids is 1. The first-order valence-electron chi connectivity index (χ1n) is 7.39. The molecule has 1 aliphatic heterocycles. The molecule has 2 aromatic carbocycles. The Balaban J connectivity index is 1.67. The van der Waals surface area contributed by atoms with Crippen LogP contribution < -0.4 is 4.74 Å². The molecule has 5 nitrogen and oxygen atoms in total. The van der Waals surface area contributed by atoms with Gasteiger partial charge in [-0.2, -0.15) is 0 Å². The minimum absolute atomic E-state index is 0.147. The SMILES string of the molecule is O=C(O)[C@H]1CCCN1C(=O)COc1ccc2cc(Br)ccc2c1. The first-order chi connectivity index (χ1) is 11.0. The summed E-state index contributed by atoms with van der Waals surface area (Å²) < 4.78 is 6.55. The Bertz CT molecular complexity index is 761. The number of hydrogen-bond acceptors (Lipinski definition) is 3. The average Bonchev–Trinajstić information content (AvgIpc) is 3.02. The van der Waals surface area contributed by atoms with Crippen molar-refractivity contribution in [3.63, 3.8) is 0 Å². The number of carbonyl (C=O) groups is 2. The molecule has 2 aromatic rings. The van der Waals surface area contributed by atoms with E-state index >= 15 is 0 Å². The van der Waals surface area contributed by atoms with Gasteiger partial charge in [0.25, 0.3) is 5.91 Å². The molecule has 1 amide bonds. The van der Waals surface area contributed by atoms with E-state index in [9.17, 15) is 9.59 Å². The number of fused-ring (bicyclic) bond motifs is 1. The van der Waals surface area contributed by atoms with Crippen LogP contribution in [0.2, 0.25) is 0 Å². The summed E-state index contributed by atoms with van der Waals surface area (Å²) in [5.74, 6) is -0.642. The number of nitrogens with zero attached hydrogens (tertiary/aromatic N) is 1. The number of rotatable bonds is 4. The van der Waals surface area contributed by atoms with Crippen LogP contribution in [0.5, 0.6) is 5.75 Å². The number of carboxylic acid groups (broad SMARTS) is 1. The number of aliphatic carboxylic acids is 1. The Kier molecular flexibility index (Phi) is 4.52. The van der Waals surface area contributed by atoms with Gasteiger partial charge in [-0.3, -0.25) is 4.79 Å². The quantitative estimate of drug-likeness (QED) is 0.888. The number of amides is 1. The summed E-state index contributed by atoms with van der Waals surface area (Å²) in [5, 5.41) is 11.2. The standard InChI is InChI=1S/C17H16BrNO4/c18-13-5-3-12-9-14(6-4-11(12)8-13)23-10-16(20)19-7-1-2-15(19)17(21)22/h3-6,8-9,15H,1-2,7,10H2,(H,21,22)/t15-/m1/s1. The summed E-state index contributed by atoms with van der Waals surface area (Å²) in [4.78, 5) is 24.7. The molecule has 6 heteroatoms. The maximum absolute atomic E-state index is 12.2. The molecule has 1 heterocycles. The maximum Gasteiger partial charge on any atom is 0.326 e. The third-order valence-corrected chi connectivity index (χ3v) is 4.49. The van der Waals surface area contributed by atoms with Crippen LogP contribution in [0, 0.1) is 0 Å². The molecule has 1 aliphatic rings. The molecule has 0 aliphatic carbocycles. The van der Waals surface area contributed by atoms with Crippen molar-refractivity contribution in [2.24, 2.45) is 0 Å². The molecule has 23 heavy (non-hydrogen) atoms. The fourth-order valence-electron chi connectivity index (χ4n) is 2.83. The van der Waals surface area contributed by atoms with Gasteiger partial charge in [-0.1, -0.05) is 28.1 Å². The number of hydrogen-bond donors (Lipinski definition) is 1. The first kappa shape index (κ1) is 15.8. The molecule has 120 valence electrons. The van der Waals surface area contributed by atoms with Gasteiger partial charge in [-0.15, -0.1) is 0 Å². The molecule has 1 N–H and O–H groups in total. The first-order valence-corrected chi connectivity index (χ1v) is 8.18. The van der Waals surface area contributed by atoms with Crippen molar-refractivity contribution in [2.45, 2.75) is 18.9 Å². The number of ether oxygens (including phenoxy) is 1. The van der Waals surface area contributed by atoms with Crippen LogP contribution in [0.4, 0.5) is 0 Å². The Morgan fingerprint density at radius 3 is 2.74 bits per heavy atom. The molecule has 0 spiro atoms. The molecule has 0 radical (unpaired) electrons. The van der Waals surface area contributed by atoms with Crippen LogP contribution >= 0.6 is 15.9 Å². The van der Waals surface area contributed by atoms with Crippen LogP contribution in [0.1, 0.15) is 12.8 Å². The lowest BCUT2D eigenvalue weighted by molar-refractivity contribution is -0.148. The second-order valence-corrected chi connectivity index (χ2v) is 6.44. The zero-order chi connectivity index (χ0) is 16.4. The summed E-state index contributed by atoms with van der Waals surface area (Å²) in [5.41, 5.74) is 0. The van der Waals surface area contributed by atoms with Crippen molar-refractivity contribution in [3.05, 3.63) is 40.9 Å². The third-order valence-electron chi connectivity index (χ3n) is 3.99. The number of carboxylic acids is 1. The van der Waals surface area contributed by atoms with E-state index in [0.717, 1.165) is 15.2 Å². The third kappa shape index (κ3) is 3.47. The summed E-state index contributed by atoms with van der Waals surface area (Å²) in [6.07, 6.45) is 1.22. The Morgan fingerprint density at radius 1 is 1.22 bits per heavy atom. The van der Waals surface area contributed by atoms with Gasteiger partial charge in [-0.05, 0) is 47.9 Å². The topological polar surface area (TPSA) is 66.8 Å². The highest BCUT2D eigenvalue weighted by molar-refractivity contribution is 9.10. The number of likely N-dealkylation sites (tertiary alicyclic amines) is 1. The zero-order valence-corrected chi connectivity index (χ0v) is 14.0. The van der Waals surface area contributed by atoms with Gasteiger partial charge >= 0.3 is 5.97 Å². The molecule has 1 fully saturated rings. The van der Waals surface area contributed by atoms with Crippen molar-refractivity contribution in [1.29, 1.82) is 0 Å². The molecular formula is C17H16BrNO4. The van der Waals surface area contributed by atoms with Gasteiger partial charge in [0.05, 0.1) is 0 Å². The van der Waals surface area contributed by atoms with E-state index in [2.05, 4.69) is 15.9 Å². The smallest absolute Gasteiger partial charge is 0.326 e. The molecule has 0 unspecified atom stereocenters. The lowest BCUT2D eigenvalue weighted by Crippen LogP contribution is -2.42. The van der Waals surface area contributed by atoms with E-state index < -0.39 is 12.0 Å². The monoisotopic (exact) mass is 377 g/mol. The predicted molar refractivity (Wildman–Crippen MR) is 89.5 cm³/mol. The van der Waals surface area contributed by atoms with Gasteiger partial charge in [-0.25, -0.2) is 4.79 Å². The fraction of sp³-hybridized carbons (Fsp3) is 0.294. The molecule has 1 atom stereocenters. The minimum Gasteiger partial charge on any atom is -0.484 e. The Morgan fingerprint density at radius 2 is 1.96 bits per heavy atom. The van der Waals surface area contributed by atoms with E-state index in [1.807, 2.05) is 30.3 Å². The van der Waals surface area contributed by atoms with Crippen LogP contribution in [0.25, 0.3) is 10.8 Å². The molecule has 3 rings (SSSR count). The van der Waals surface area contributed by atoms with Crippen LogP contribution in [0.15, 0.2) is 40.9 Å². The summed E-state index contributed by atoms with van der Waals surface area (Å²) in [6, 6.07) is 10.8. The van der Waals surface area contributed by atoms with Crippen LogP contribution in [-0.4, -0.2) is 41.1 Å². The van der Waals surface area contributed by atoms with Gasteiger partial charge in [0.2, 0.25) is 0 Å². The minimum atomic E-state index is -0.952. The van der Waals surface area contributed by atoms with Crippen molar-refractivity contribution < 1.29 is 19.4 Å². The number of benzene rings is 2. The van der Waals surface area contributed by atoms with E-state index in [4.69, 9.17) is 9.84 Å². The molecule has 0 bridgehead atoms. The van der Waals surface area contributed by atoms with Crippen molar-refractivity contribution >= 4 is 38.6 Å². The summed E-state index contributed by atoms with van der Waals surface area (Å²) in [6.45, 7) is 0.330. The summed E-state index contributed by atoms with van der Waals surface area (Å²) >= 11 is 3.43. The van der Waals surface area contributed by atoms with Crippen molar-refractivity contribution in [2.75, 3.05) is 13.2 Å². The lowest BCUT2D eigenvalue weighted by atomic mass is 10.1. The van der Waals surface area contributed by atoms with Gasteiger partial charge in [0.15, 0.2) is 6.61 Å². The lowest BCUT2D eigenvalue weighted by Gasteiger charge is -2.21. The van der Waals surface area contributed by atoms with E-state index in [0.29, 0.717) is 25.1 Å². The molecule has 1 saturated heterocycles. The highest BCUT2D eigenvalue weighted by atomic mass is 79.9. The normalized spacial score (nSPS) is 17.4. The van der Waals surface area contributed by atoms with Gasteiger partial charge in [0, 0.05) is 11.0 Å². The van der Waals surface area contributed by atoms with Gasteiger partial charge in [0.1, 0.15) is 11.8 Å². The fourth-order valence-corrected chi connectivity index (χ4v) is 3.21. The highest BCUT2D eigenvalue weighted by Crippen LogP contribution is 2.24. The van der Waals surface area contributed by atoms with Crippen LogP contribution in [-0.2, 0) is 9.59 Å². The van der Waals surface area contributed by atoms with E-state index in [1.165, 1.54) is 4.90 Å². The largest absolute Gasteiger partial charge is 0.484 e. The molecule has 0 saturated carbocycles. The number of halogens is 1. The average molecular weight is 378 g/mol. The van der Waals surface area contributed by atoms with Gasteiger partial charge < -0.3 is 14.7 Å².